The lowest BCUT2D eigenvalue weighted by atomic mass is 9.97. The predicted octanol–water partition coefficient (Wildman–Crippen LogP) is 4.55. The molecule has 0 N–H and O–H groups in total. The number of thiazole rings is 1. The summed E-state index contributed by atoms with van der Waals surface area (Å²) in [6, 6.07) is 7.66. The second-order valence-electron chi connectivity index (χ2n) is 7.79. The molecule has 0 bridgehead atoms. The fraction of sp³-hybridized carbons (Fsp3) is 0.391. The van der Waals surface area contributed by atoms with Gasteiger partial charge in [0.05, 0.1) is 17.9 Å². The Morgan fingerprint density at radius 3 is 2.62 bits per heavy atom. The zero-order chi connectivity index (χ0) is 22.7. The van der Waals surface area contributed by atoms with Crippen LogP contribution >= 0.6 is 22.9 Å². The number of hydrogen-bond donors (Lipinski definition) is 0. The standard InChI is InChI=1S/C23H25ClN4O3S/c1-3-31-23(30)19-13-32-21(26-19)17-8-10-27(11-9-17)22(29)20-15(2)28(14-25-20)12-16-4-6-18(24)7-5-16/h4-7,13-14,17H,3,8-12H2,1-2H3. The Morgan fingerprint density at radius 2 is 1.94 bits per heavy atom. The topological polar surface area (TPSA) is 77.3 Å². The lowest BCUT2D eigenvalue weighted by Gasteiger charge is -2.30. The monoisotopic (exact) mass is 472 g/mol. The number of hydrogen-bond acceptors (Lipinski definition) is 6. The maximum atomic E-state index is 13.1. The SMILES string of the molecule is CCOC(=O)c1csc(C2CCN(C(=O)c3ncn(Cc4ccc(Cl)cc4)c3C)CC2)n1. The van der Waals surface area contributed by atoms with Crippen LogP contribution in [0.5, 0.6) is 0 Å². The average molecular weight is 473 g/mol. The van der Waals surface area contributed by atoms with Gasteiger partial charge in [0.2, 0.25) is 0 Å². The smallest absolute Gasteiger partial charge is 0.357 e. The number of likely N-dealkylation sites (tertiary alicyclic amines) is 1. The maximum absolute atomic E-state index is 13.1. The molecule has 0 radical (unpaired) electrons. The van der Waals surface area contributed by atoms with Crippen molar-refractivity contribution >= 4 is 34.8 Å². The molecule has 0 saturated carbocycles. The molecule has 1 saturated heterocycles. The van der Waals surface area contributed by atoms with Crippen molar-refractivity contribution in [3.05, 3.63) is 68.6 Å². The third-order valence-corrected chi connectivity index (χ3v) is 6.97. The van der Waals surface area contributed by atoms with Crippen LogP contribution in [0.1, 0.15) is 62.9 Å². The first-order valence-corrected chi connectivity index (χ1v) is 11.9. The molecule has 2 aromatic heterocycles. The van der Waals surface area contributed by atoms with Crippen LogP contribution in [-0.4, -0.2) is 51.0 Å². The fourth-order valence-corrected chi connectivity index (χ4v) is 4.94. The molecule has 7 nitrogen and oxygen atoms in total. The number of esters is 1. The summed E-state index contributed by atoms with van der Waals surface area (Å²) in [4.78, 5) is 35.7. The van der Waals surface area contributed by atoms with E-state index in [1.165, 1.54) is 11.3 Å². The molecule has 32 heavy (non-hydrogen) atoms. The molecule has 0 atom stereocenters. The van der Waals surface area contributed by atoms with Crippen molar-refractivity contribution in [1.82, 2.24) is 19.4 Å². The van der Waals surface area contributed by atoms with Crippen molar-refractivity contribution in [2.24, 2.45) is 0 Å². The highest BCUT2D eigenvalue weighted by atomic mass is 35.5. The number of rotatable bonds is 6. The van der Waals surface area contributed by atoms with Crippen molar-refractivity contribution in [3.63, 3.8) is 0 Å². The van der Waals surface area contributed by atoms with Crippen LogP contribution in [0.2, 0.25) is 5.02 Å². The molecule has 0 spiro atoms. The first-order chi connectivity index (χ1) is 15.5. The van der Waals surface area contributed by atoms with E-state index in [0.717, 1.165) is 29.1 Å². The molecular weight excluding hydrogens is 448 g/mol. The Balaban J connectivity index is 1.37. The normalized spacial score (nSPS) is 14.5. The first kappa shape index (κ1) is 22.5. The van der Waals surface area contributed by atoms with E-state index in [0.29, 0.717) is 42.7 Å². The molecule has 1 fully saturated rings. The Kier molecular flexibility index (Phi) is 6.91. The van der Waals surface area contributed by atoms with Crippen LogP contribution in [0.15, 0.2) is 36.0 Å². The second-order valence-corrected chi connectivity index (χ2v) is 9.12. The molecule has 1 aliphatic heterocycles. The van der Waals surface area contributed by atoms with E-state index < -0.39 is 0 Å². The van der Waals surface area contributed by atoms with Crippen LogP contribution in [0.4, 0.5) is 0 Å². The van der Waals surface area contributed by atoms with E-state index in [9.17, 15) is 9.59 Å². The minimum Gasteiger partial charge on any atom is -0.461 e. The Hall–Kier alpha value is -2.71. The van der Waals surface area contributed by atoms with E-state index in [-0.39, 0.29) is 17.8 Å². The highest BCUT2D eigenvalue weighted by Gasteiger charge is 2.29. The third-order valence-electron chi connectivity index (χ3n) is 5.71. The zero-order valence-electron chi connectivity index (χ0n) is 18.1. The average Bonchev–Trinajstić information content (AvgIpc) is 3.43. The van der Waals surface area contributed by atoms with Gasteiger partial charge in [0.25, 0.3) is 5.91 Å². The van der Waals surface area contributed by atoms with Gasteiger partial charge in [0.15, 0.2) is 5.69 Å². The summed E-state index contributed by atoms with van der Waals surface area (Å²) in [7, 11) is 0. The van der Waals surface area contributed by atoms with Gasteiger partial charge in [-0.3, -0.25) is 4.79 Å². The summed E-state index contributed by atoms with van der Waals surface area (Å²) in [5.41, 5.74) is 2.81. The zero-order valence-corrected chi connectivity index (χ0v) is 19.7. The molecule has 3 aromatic rings. The number of carbonyl (C=O) groups excluding carboxylic acids is 2. The van der Waals surface area contributed by atoms with Crippen LogP contribution in [0.3, 0.4) is 0 Å². The van der Waals surface area contributed by atoms with E-state index in [4.69, 9.17) is 16.3 Å². The van der Waals surface area contributed by atoms with Crippen molar-refractivity contribution in [3.8, 4) is 0 Å². The Morgan fingerprint density at radius 1 is 1.22 bits per heavy atom. The molecule has 3 heterocycles. The summed E-state index contributed by atoms with van der Waals surface area (Å²) in [6.45, 7) is 5.96. The number of nitrogens with zero attached hydrogens (tertiary/aromatic N) is 4. The molecule has 168 valence electrons. The number of piperidine rings is 1. The van der Waals surface area contributed by atoms with E-state index in [1.54, 1.807) is 18.6 Å². The molecule has 1 amide bonds. The quantitative estimate of drug-likeness (QED) is 0.492. The summed E-state index contributed by atoms with van der Waals surface area (Å²) < 4.78 is 7.00. The number of ether oxygens (including phenoxy) is 1. The van der Waals surface area contributed by atoms with Gasteiger partial charge in [-0.05, 0) is 44.4 Å². The van der Waals surface area contributed by atoms with Gasteiger partial charge in [0, 0.05) is 41.6 Å². The summed E-state index contributed by atoms with van der Waals surface area (Å²) >= 11 is 7.45. The molecular formula is C23H25ClN4O3S. The van der Waals surface area contributed by atoms with Gasteiger partial charge in [-0.1, -0.05) is 23.7 Å². The predicted molar refractivity (Wildman–Crippen MR) is 123 cm³/mol. The molecule has 1 aliphatic rings. The molecule has 1 aromatic carbocycles. The van der Waals surface area contributed by atoms with Crippen molar-refractivity contribution in [2.45, 2.75) is 39.2 Å². The highest BCUT2D eigenvalue weighted by Crippen LogP contribution is 2.31. The number of halogens is 1. The summed E-state index contributed by atoms with van der Waals surface area (Å²) in [5.74, 6) is -0.176. The van der Waals surface area contributed by atoms with Gasteiger partial charge in [-0.2, -0.15) is 0 Å². The highest BCUT2D eigenvalue weighted by molar-refractivity contribution is 7.09. The third kappa shape index (κ3) is 4.86. The lowest BCUT2D eigenvalue weighted by molar-refractivity contribution is 0.0520. The molecule has 0 aliphatic carbocycles. The van der Waals surface area contributed by atoms with E-state index in [2.05, 4.69) is 9.97 Å². The van der Waals surface area contributed by atoms with Crippen LogP contribution in [0.25, 0.3) is 0 Å². The van der Waals surface area contributed by atoms with Crippen molar-refractivity contribution in [2.75, 3.05) is 19.7 Å². The minimum absolute atomic E-state index is 0.0397. The van der Waals surface area contributed by atoms with E-state index >= 15 is 0 Å². The summed E-state index contributed by atoms with van der Waals surface area (Å²) in [5, 5.41) is 3.38. The number of benzene rings is 1. The Labute approximate surface area is 196 Å². The summed E-state index contributed by atoms with van der Waals surface area (Å²) in [6.07, 6.45) is 3.34. The maximum Gasteiger partial charge on any atom is 0.357 e. The molecule has 4 rings (SSSR count). The van der Waals surface area contributed by atoms with E-state index in [1.807, 2.05) is 40.7 Å². The van der Waals surface area contributed by atoms with Crippen molar-refractivity contribution in [1.29, 1.82) is 0 Å². The molecule has 9 heteroatoms. The van der Waals surface area contributed by atoms with Gasteiger partial charge in [-0.25, -0.2) is 14.8 Å². The van der Waals surface area contributed by atoms with Crippen LogP contribution in [-0.2, 0) is 11.3 Å². The first-order valence-electron chi connectivity index (χ1n) is 10.6. The largest absolute Gasteiger partial charge is 0.461 e. The molecule has 0 unspecified atom stereocenters. The fourth-order valence-electron chi connectivity index (χ4n) is 3.85. The van der Waals surface area contributed by atoms with Gasteiger partial charge in [-0.15, -0.1) is 11.3 Å². The number of imidazole rings is 1. The van der Waals surface area contributed by atoms with Gasteiger partial charge >= 0.3 is 5.97 Å². The Bertz CT molecular complexity index is 1100. The second kappa shape index (κ2) is 9.83. The van der Waals surface area contributed by atoms with Gasteiger partial charge in [0.1, 0.15) is 5.69 Å². The van der Waals surface area contributed by atoms with Crippen LogP contribution in [0, 0.1) is 6.92 Å². The number of amides is 1. The van der Waals surface area contributed by atoms with Crippen LogP contribution < -0.4 is 0 Å². The number of carbonyl (C=O) groups is 2. The lowest BCUT2D eigenvalue weighted by Crippen LogP contribution is -2.38. The van der Waals surface area contributed by atoms with Crippen molar-refractivity contribution < 1.29 is 14.3 Å². The number of aromatic nitrogens is 3. The van der Waals surface area contributed by atoms with Gasteiger partial charge < -0.3 is 14.2 Å². The minimum atomic E-state index is -0.382.